The zero-order valence-corrected chi connectivity index (χ0v) is 13.7. The van der Waals surface area contributed by atoms with Crippen molar-refractivity contribution in [2.45, 2.75) is 27.0 Å². The number of para-hydroxylation sites is 1. The number of hydrogen-bond acceptors (Lipinski definition) is 2. The lowest BCUT2D eigenvalue weighted by Crippen LogP contribution is -2.07. The predicted octanol–water partition coefficient (Wildman–Crippen LogP) is 4.15. The molecule has 0 radical (unpaired) electrons. The maximum atomic E-state index is 9.42. The lowest BCUT2D eigenvalue weighted by molar-refractivity contribution is 0.139. The summed E-state index contributed by atoms with van der Waals surface area (Å²) in [6, 6.07) is 16.6. The molecule has 120 valence electrons. The van der Waals surface area contributed by atoms with Crippen LogP contribution in [0.3, 0.4) is 0 Å². The van der Waals surface area contributed by atoms with Gasteiger partial charge in [0.25, 0.3) is 0 Å². The Morgan fingerprint density at radius 3 is 2.70 bits per heavy atom. The highest BCUT2D eigenvalue weighted by Gasteiger charge is 2.15. The van der Waals surface area contributed by atoms with Gasteiger partial charge in [0.1, 0.15) is 0 Å². The van der Waals surface area contributed by atoms with E-state index >= 15 is 0 Å². The highest BCUT2D eigenvalue weighted by Crippen LogP contribution is 2.34. The van der Waals surface area contributed by atoms with Gasteiger partial charge in [-0.1, -0.05) is 36.4 Å². The topological polar surface area (TPSA) is 34.4 Å². The fraction of sp³-hybridized carbons (Fsp3) is 0.300. The van der Waals surface area contributed by atoms with Gasteiger partial charge < -0.3 is 14.4 Å². The predicted molar refractivity (Wildman–Crippen MR) is 94.5 cm³/mol. The summed E-state index contributed by atoms with van der Waals surface area (Å²) < 4.78 is 7.86. The van der Waals surface area contributed by atoms with E-state index in [1.807, 2.05) is 19.1 Å². The van der Waals surface area contributed by atoms with E-state index in [4.69, 9.17) is 4.74 Å². The molecule has 0 aliphatic rings. The van der Waals surface area contributed by atoms with Crippen LogP contribution in [0.4, 0.5) is 0 Å². The number of fused-ring (bicyclic) bond motifs is 1. The molecule has 1 heterocycles. The molecule has 0 aliphatic heterocycles. The van der Waals surface area contributed by atoms with Crippen LogP contribution in [0.2, 0.25) is 0 Å². The lowest BCUT2D eigenvalue weighted by atomic mass is 10.0. The Morgan fingerprint density at radius 1 is 1.09 bits per heavy atom. The maximum Gasteiger partial charge on any atom is 0.0682 e. The number of aromatic nitrogens is 1. The van der Waals surface area contributed by atoms with Gasteiger partial charge >= 0.3 is 0 Å². The van der Waals surface area contributed by atoms with Crippen molar-refractivity contribution in [2.75, 3.05) is 13.2 Å². The first-order chi connectivity index (χ1) is 11.3. The first-order valence-electron chi connectivity index (χ1n) is 8.12. The minimum absolute atomic E-state index is 0.0653. The number of nitrogens with zero attached hydrogens (tertiary/aromatic N) is 1. The monoisotopic (exact) mass is 309 g/mol. The molecular formula is C20H23NO2. The minimum atomic E-state index is 0.0653. The second kappa shape index (κ2) is 6.99. The van der Waals surface area contributed by atoms with Crippen LogP contribution in [-0.2, 0) is 17.9 Å². The molecule has 1 aromatic heterocycles. The highest BCUT2D eigenvalue weighted by molar-refractivity contribution is 5.98. The Balaban J connectivity index is 2.14. The van der Waals surface area contributed by atoms with Crippen LogP contribution in [0.1, 0.15) is 18.2 Å². The number of hydrogen-bond donors (Lipinski definition) is 1. The van der Waals surface area contributed by atoms with E-state index < -0.39 is 0 Å². The van der Waals surface area contributed by atoms with E-state index in [0.717, 1.165) is 24.3 Å². The molecule has 3 heteroatoms. The number of ether oxygens (including phenoxy) is 1. The smallest absolute Gasteiger partial charge is 0.0682 e. The molecule has 3 nitrogen and oxygen atoms in total. The Hall–Kier alpha value is -2.10. The third-order valence-corrected chi connectivity index (χ3v) is 4.29. The molecule has 0 aliphatic carbocycles. The minimum Gasteiger partial charge on any atom is -0.392 e. The summed E-state index contributed by atoms with van der Waals surface area (Å²) in [6.45, 7) is 6.55. The maximum absolute atomic E-state index is 9.42. The molecule has 23 heavy (non-hydrogen) atoms. The standard InChI is InChI=1S/C20H23NO2/c1-3-23-12-11-21-15(2)20(18-9-4-5-10-19(18)21)17-8-6-7-16(13-17)14-22/h4-10,13,22H,3,11-12,14H2,1-2H3. The van der Waals surface area contributed by atoms with Crippen LogP contribution in [0.25, 0.3) is 22.0 Å². The normalized spacial score (nSPS) is 11.3. The molecule has 0 saturated carbocycles. The zero-order valence-electron chi connectivity index (χ0n) is 13.7. The average Bonchev–Trinajstić information content (AvgIpc) is 2.87. The van der Waals surface area contributed by atoms with Gasteiger partial charge in [-0.05, 0) is 37.1 Å². The van der Waals surface area contributed by atoms with Crippen LogP contribution in [0.15, 0.2) is 48.5 Å². The third kappa shape index (κ3) is 3.03. The number of aliphatic hydroxyl groups excluding tert-OH is 1. The van der Waals surface area contributed by atoms with Gasteiger partial charge in [0, 0.05) is 35.3 Å². The Kier molecular flexibility index (Phi) is 4.79. The third-order valence-electron chi connectivity index (χ3n) is 4.29. The van der Waals surface area contributed by atoms with Crippen LogP contribution >= 0.6 is 0 Å². The summed E-state index contributed by atoms with van der Waals surface area (Å²) in [4.78, 5) is 0. The molecule has 1 N–H and O–H groups in total. The van der Waals surface area contributed by atoms with Gasteiger partial charge in [-0.2, -0.15) is 0 Å². The number of rotatable bonds is 6. The zero-order chi connectivity index (χ0) is 16.2. The summed E-state index contributed by atoms with van der Waals surface area (Å²) in [5, 5.41) is 10.7. The SMILES string of the molecule is CCOCCn1c(C)c(-c2cccc(CO)c2)c2ccccc21. The van der Waals surface area contributed by atoms with Crippen molar-refractivity contribution < 1.29 is 9.84 Å². The van der Waals surface area contributed by atoms with Crippen LogP contribution in [0, 0.1) is 6.92 Å². The van der Waals surface area contributed by atoms with E-state index in [0.29, 0.717) is 6.61 Å². The summed E-state index contributed by atoms with van der Waals surface area (Å²) in [5.41, 5.74) is 5.80. The molecule has 0 fully saturated rings. The molecule has 0 bridgehead atoms. The Labute approximate surface area is 137 Å². The van der Waals surface area contributed by atoms with Crippen molar-refractivity contribution in [3.63, 3.8) is 0 Å². The van der Waals surface area contributed by atoms with E-state index in [1.54, 1.807) is 0 Å². The van der Waals surface area contributed by atoms with Gasteiger partial charge in [-0.3, -0.25) is 0 Å². The summed E-state index contributed by atoms with van der Waals surface area (Å²) in [5.74, 6) is 0. The Bertz CT molecular complexity index is 805. The average molecular weight is 309 g/mol. The number of benzene rings is 2. The fourth-order valence-electron chi connectivity index (χ4n) is 3.21. The second-order valence-corrected chi connectivity index (χ2v) is 5.68. The van der Waals surface area contributed by atoms with Crippen molar-refractivity contribution in [3.8, 4) is 11.1 Å². The number of aliphatic hydroxyl groups is 1. The largest absolute Gasteiger partial charge is 0.392 e. The summed E-state index contributed by atoms with van der Waals surface area (Å²) in [6.07, 6.45) is 0. The van der Waals surface area contributed by atoms with Crippen molar-refractivity contribution in [1.82, 2.24) is 4.57 Å². The fourth-order valence-corrected chi connectivity index (χ4v) is 3.21. The molecule has 2 aromatic carbocycles. The molecule has 0 spiro atoms. The van der Waals surface area contributed by atoms with E-state index in [1.165, 1.54) is 22.2 Å². The molecule has 0 atom stereocenters. The van der Waals surface area contributed by atoms with Gasteiger partial charge in [0.05, 0.1) is 13.2 Å². The first kappa shape index (κ1) is 15.8. The van der Waals surface area contributed by atoms with Gasteiger partial charge in [-0.25, -0.2) is 0 Å². The van der Waals surface area contributed by atoms with E-state index in [2.05, 4.69) is 47.9 Å². The van der Waals surface area contributed by atoms with Crippen LogP contribution in [0.5, 0.6) is 0 Å². The molecule has 3 aromatic rings. The molecule has 3 rings (SSSR count). The quantitative estimate of drug-likeness (QED) is 0.694. The molecule has 0 unspecified atom stereocenters. The van der Waals surface area contributed by atoms with Gasteiger partial charge in [0.2, 0.25) is 0 Å². The second-order valence-electron chi connectivity index (χ2n) is 5.68. The molecular weight excluding hydrogens is 286 g/mol. The van der Waals surface area contributed by atoms with Crippen LogP contribution < -0.4 is 0 Å². The van der Waals surface area contributed by atoms with E-state index in [-0.39, 0.29) is 6.61 Å². The van der Waals surface area contributed by atoms with Crippen molar-refractivity contribution in [2.24, 2.45) is 0 Å². The first-order valence-corrected chi connectivity index (χ1v) is 8.12. The van der Waals surface area contributed by atoms with Crippen molar-refractivity contribution in [1.29, 1.82) is 0 Å². The Morgan fingerprint density at radius 2 is 1.91 bits per heavy atom. The highest BCUT2D eigenvalue weighted by atomic mass is 16.5. The van der Waals surface area contributed by atoms with Crippen molar-refractivity contribution >= 4 is 10.9 Å². The van der Waals surface area contributed by atoms with Crippen LogP contribution in [-0.4, -0.2) is 22.9 Å². The lowest BCUT2D eigenvalue weighted by Gasteiger charge is -2.09. The van der Waals surface area contributed by atoms with Gasteiger partial charge in [-0.15, -0.1) is 0 Å². The summed E-state index contributed by atoms with van der Waals surface area (Å²) >= 11 is 0. The molecule has 0 amide bonds. The van der Waals surface area contributed by atoms with Gasteiger partial charge in [0.15, 0.2) is 0 Å². The van der Waals surface area contributed by atoms with E-state index in [9.17, 15) is 5.11 Å². The molecule has 0 saturated heterocycles. The summed E-state index contributed by atoms with van der Waals surface area (Å²) in [7, 11) is 0. The van der Waals surface area contributed by atoms with Crippen molar-refractivity contribution in [3.05, 3.63) is 59.8 Å².